The van der Waals surface area contributed by atoms with Crippen LogP contribution in [0.5, 0.6) is 0 Å². The molecule has 130 valence electrons. The monoisotopic (exact) mass is 323 g/mol. The minimum atomic E-state index is -0.403. The summed E-state index contributed by atoms with van der Waals surface area (Å²) < 4.78 is 0. The first kappa shape index (κ1) is 17.8. The van der Waals surface area contributed by atoms with Gasteiger partial charge in [0.05, 0.1) is 0 Å². The van der Waals surface area contributed by atoms with Gasteiger partial charge in [0.25, 0.3) is 0 Å². The van der Waals surface area contributed by atoms with Crippen molar-refractivity contribution < 1.29 is 14.4 Å². The van der Waals surface area contributed by atoms with Gasteiger partial charge in [-0.3, -0.25) is 14.4 Å². The van der Waals surface area contributed by atoms with Gasteiger partial charge in [-0.05, 0) is 20.3 Å². The summed E-state index contributed by atoms with van der Waals surface area (Å²) in [5.74, 6) is 0.232. The quantitative estimate of drug-likeness (QED) is 0.829. The van der Waals surface area contributed by atoms with Crippen LogP contribution in [0.2, 0.25) is 0 Å². The van der Waals surface area contributed by atoms with Gasteiger partial charge in [-0.25, -0.2) is 0 Å². The molecule has 0 radical (unpaired) electrons. The maximum absolute atomic E-state index is 12.6. The van der Waals surface area contributed by atoms with E-state index < -0.39 is 5.41 Å². The van der Waals surface area contributed by atoms with Gasteiger partial charge >= 0.3 is 0 Å². The maximum atomic E-state index is 12.6. The second kappa shape index (κ2) is 6.49. The summed E-state index contributed by atoms with van der Waals surface area (Å²) in [6.45, 7) is 10.9. The Morgan fingerprint density at radius 3 is 2.17 bits per heavy atom. The lowest BCUT2D eigenvalue weighted by Crippen LogP contribution is -2.61. The molecule has 2 rings (SSSR count). The van der Waals surface area contributed by atoms with Gasteiger partial charge in [0.1, 0.15) is 0 Å². The van der Waals surface area contributed by atoms with Crippen LogP contribution in [0, 0.1) is 5.41 Å². The number of rotatable bonds is 2. The highest BCUT2D eigenvalue weighted by atomic mass is 16.2. The fourth-order valence-electron chi connectivity index (χ4n) is 3.60. The zero-order valence-corrected chi connectivity index (χ0v) is 14.9. The zero-order valence-electron chi connectivity index (χ0n) is 14.9. The molecule has 0 aromatic heterocycles. The Kier molecular flexibility index (Phi) is 5.01. The van der Waals surface area contributed by atoms with E-state index in [1.807, 2.05) is 44.4 Å². The standard InChI is InChI=1S/C17H29N3O3/c1-11-9-19(16(23)17(3,4)5)10-12(2)20(11)15(22)8-13-6-7-14(21)18-13/h11-13H,6-10H2,1-5H3,(H,18,21)/t11-,12-,13-/m1/s1. The normalized spacial score (nSPS) is 28.7. The molecule has 0 bridgehead atoms. The maximum Gasteiger partial charge on any atom is 0.228 e. The Hall–Kier alpha value is -1.59. The predicted octanol–water partition coefficient (Wildman–Crippen LogP) is 1.15. The van der Waals surface area contributed by atoms with Crippen LogP contribution in [0.15, 0.2) is 0 Å². The number of carbonyl (C=O) groups is 3. The largest absolute Gasteiger partial charge is 0.353 e. The lowest BCUT2D eigenvalue weighted by Gasteiger charge is -2.46. The molecule has 2 aliphatic rings. The van der Waals surface area contributed by atoms with Crippen molar-refractivity contribution in [1.82, 2.24) is 15.1 Å². The van der Waals surface area contributed by atoms with Gasteiger partial charge in [-0.2, -0.15) is 0 Å². The summed E-state index contributed by atoms with van der Waals surface area (Å²) >= 11 is 0. The van der Waals surface area contributed by atoms with Gasteiger partial charge in [0.15, 0.2) is 0 Å². The number of nitrogens with zero attached hydrogens (tertiary/aromatic N) is 2. The Morgan fingerprint density at radius 2 is 1.74 bits per heavy atom. The van der Waals surface area contributed by atoms with Crippen LogP contribution in [0.4, 0.5) is 0 Å². The third-order valence-electron chi connectivity index (χ3n) is 4.64. The van der Waals surface area contributed by atoms with Gasteiger partial charge in [-0.15, -0.1) is 0 Å². The molecule has 2 heterocycles. The van der Waals surface area contributed by atoms with Crippen molar-refractivity contribution in [3.8, 4) is 0 Å². The molecule has 0 saturated carbocycles. The highest BCUT2D eigenvalue weighted by Crippen LogP contribution is 2.24. The summed E-state index contributed by atoms with van der Waals surface area (Å²) in [6, 6.07) is -0.0482. The zero-order chi connectivity index (χ0) is 17.4. The minimum Gasteiger partial charge on any atom is -0.353 e. The van der Waals surface area contributed by atoms with Gasteiger partial charge in [-0.1, -0.05) is 20.8 Å². The first-order chi connectivity index (χ1) is 10.6. The summed E-state index contributed by atoms with van der Waals surface area (Å²) in [5.41, 5.74) is -0.403. The van der Waals surface area contributed by atoms with Crippen molar-refractivity contribution in [2.45, 2.75) is 72.0 Å². The first-order valence-corrected chi connectivity index (χ1v) is 8.49. The third-order valence-corrected chi connectivity index (χ3v) is 4.64. The van der Waals surface area contributed by atoms with Gasteiger partial charge in [0.2, 0.25) is 17.7 Å². The van der Waals surface area contributed by atoms with Crippen LogP contribution < -0.4 is 5.32 Å². The number of hydrogen-bond donors (Lipinski definition) is 1. The van der Waals surface area contributed by atoms with Crippen molar-refractivity contribution >= 4 is 17.7 Å². The van der Waals surface area contributed by atoms with Crippen LogP contribution in [0.25, 0.3) is 0 Å². The Balaban J connectivity index is 1.98. The highest BCUT2D eigenvalue weighted by Gasteiger charge is 2.38. The van der Waals surface area contributed by atoms with Crippen molar-refractivity contribution in [1.29, 1.82) is 0 Å². The minimum absolute atomic E-state index is 0.00495. The Morgan fingerprint density at radius 1 is 1.17 bits per heavy atom. The molecule has 0 aromatic rings. The van der Waals surface area contributed by atoms with E-state index in [-0.39, 0.29) is 35.8 Å². The average Bonchev–Trinajstić information content (AvgIpc) is 2.81. The second-order valence-electron chi connectivity index (χ2n) is 7.97. The smallest absolute Gasteiger partial charge is 0.228 e. The molecule has 6 nitrogen and oxygen atoms in total. The van der Waals surface area contributed by atoms with E-state index in [1.54, 1.807) is 0 Å². The van der Waals surface area contributed by atoms with Crippen molar-refractivity contribution in [2.24, 2.45) is 5.41 Å². The summed E-state index contributed by atoms with van der Waals surface area (Å²) in [5, 5.41) is 2.85. The van der Waals surface area contributed by atoms with Crippen LogP contribution in [0.1, 0.15) is 53.9 Å². The molecule has 0 spiro atoms. The number of nitrogens with one attached hydrogen (secondary N) is 1. The van der Waals surface area contributed by atoms with Crippen LogP contribution in [-0.2, 0) is 14.4 Å². The number of piperazine rings is 1. The molecule has 23 heavy (non-hydrogen) atoms. The molecule has 0 unspecified atom stereocenters. The fourth-order valence-corrected chi connectivity index (χ4v) is 3.60. The first-order valence-electron chi connectivity index (χ1n) is 8.49. The van der Waals surface area contributed by atoms with E-state index in [0.717, 1.165) is 6.42 Å². The van der Waals surface area contributed by atoms with Crippen molar-refractivity contribution in [3.63, 3.8) is 0 Å². The predicted molar refractivity (Wildman–Crippen MR) is 87.6 cm³/mol. The fraction of sp³-hybridized carbons (Fsp3) is 0.824. The molecular formula is C17H29N3O3. The van der Waals surface area contributed by atoms with E-state index >= 15 is 0 Å². The van der Waals surface area contributed by atoms with E-state index in [9.17, 15) is 14.4 Å². The molecule has 2 saturated heterocycles. The van der Waals surface area contributed by atoms with E-state index in [1.165, 1.54) is 0 Å². The lowest BCUT2D eigenvalue weighted by molar-refractivity contribution is -0.150. The SMILES string of the molecule is C[C@@H]1CN(C(=O)C(C)(C)C)C[C@@H](C)N1C(=O)C[C@H]1CCC(=O)N1. The molecular weight excluding hydrogens is 294 g/mol. The molecule has 0 aliphatic carbocycles. The molecule has 1 N–H and O–H groups in total. The van der Waals surface area contributed by atoms with E-state index in [0.29, 0.717) is 25.9 Å². The van der Waals surface area contributed by atoms with Crippen LogP contribution in [0.3, 0.4) is 0 Å². The second-order valence-corrected chi connectivity index (χ2v) is 7.97. The Bertz CT molecular complexity index is 486. The molecule has 3 atom stereocenters. The lowest BCUT2D eigenvalue weighted by atomic mass is 9.93. The Labute approximate surface area is 138 Å². The van der Waals surface area contributed by atoms with Crippen LogP contribution >= 0.6 is 0 Å². The molecule has 0 aromatic carbocycles. The number of carbonyl (C=O) groups excluding carboxylic acids is 3. The van der Waals surface area contributed by atoms with Crippen molar-refractivity contribution in [2.75, 3.05) is 13.1 Å². The van der Waals surface area contributed by atoms with E-state index in [2.05, 4.69) is 5.32 Å². The topological polar surface area (TPSA) is 69.7 Å². The molecule has 2 fully saturated rings. The van der Waals surface area contributed by atoms with Crippen LogP contribution in [-0.4, -0.2) is 58.7 Å². The molecule has 6 heteroatoms. The number of amides is 3. The molecule has 3 amide bonds. The van der Waals surface area contributed by atoms with E-state index in [4.69, 9.17) is 0 Å². The van der Waals surface area contributed by atoms with Crippen molar-refractivity contribution in [3.05, 3.63) is 0 Å². The van der Waals surface area contributed by atoms with Gasteiger partial charge in [0, 0.05) is 49.5 Å². The summed E-state index contributed by atoms with van der Waals surface area (Å²) in [4.78, 5) is 40.1. The molecule has 2 aliphatic heterocycles. The average molecular weight is 323 g/mol. The summed E-state index contributed by atoms with van der Waals surface area (Å²) in [6.07, 6.45) is 1.60. The third kappa shape index (κ3) is 4.03. The number of hydrogen-bond acceptors (Lipinski definition) is 3. The summed E-state index contributed by atoms with van der Waals surface area (Å²) in [7, 11) is 0. The highest BCUT2D eigenvalue weighted by molar-refractivity contribution is 5.84. The van der Waals surface area contributed by atoms with Gasteiger partial charge < -0.3 is 15.1 Å².